The predicted octanol–water partition coefficient (Wildman–Crippen LogP) is 3.78. The molecule has 1 fully saturated rings. The Balaban J connectivity index is 1.52. The summed E-state index contributed by atoms with van der Waals surface area (Å²) in [4.78, 5) is 16.9. The van der Waals surface area contributed by atoms with E-state index in [4.69, 9.17) is 0 Å². The number of carbonyl (C=O) groups is 1. The first-order valence-corrected chi connectivity index (χ1v) is 9.78. The van der Waals surface area contributed by atoms with Crippen molar-refractivity contribution < 1.29 is 4.79 Å². The van der Waals surface area contributed by atoms with Crippen LogP contribution < -0.4 is 0 Å². The monoisotopic (exact) mass is 330 g/mol. The van der Waals surface area contributed by atoms with Gasteiger partial charge in [0.15, 0.2) is 0 Å². The second kappa shape index (κ2) is 11.4. The van der Waals surface area contributed by atoms with E-state index in [1.54, 1.807) is 0 Å². The third-order valence-corrected chi connectivity index (χ3v) is 5.01. The van der Waals surface area contributed by atoms with Crippen LogP contribution in [0.3, 0.4) is 0 Å². The van der Waals surface area contributed by atoms with Crippen molar-refractivity contribution >= 4 is 5.78 Å². The lowest BCUT2D eigenvalue weighted by Gasteiger charge is -2.34. The number of Topliss-reactive ketones (excluding diaryl/α,β-unsaturated/α-hetero) is 1. The Morgan fingerprint density at radius 3 is 2.21 bits per heavy atom. The van der Waals surface area contributed by atoms with Gasteiger partial charge in [0.2, 0.25) is 0 Å². The molecule has 1 aromatic rings. The molecular formula is C21H34N2O. The van der Waals surface area contributed by atoms with E-state index in [1.807, 2.05) is 0 Å². The molecule has 0 saturated carbocycles. The fraction of sp³-hybridized carbons (Fsp3) is 0.667. The van der Waals surface area contributed by atoms with Crippen molar-refractivity contribution in [3.05, 3.63) is 35.9 Å². The van der Waals surface area contributed by atoms with E-state index in [0.717, 1.165) is 52.0 Å². The maximum absolute atomic E-state index is 11.9. The lowest BCUT2D eigenvalue weighted by Crippen LogP contribution is -2.47. The molecule has 3 heteroatoms. The molecule has 1 aliphatic rings. The van der Waals surface area contributed by atoms with Crippen molar-refractivity contribution in [2.24, 2.45) is 0 Å². The number of unbranched alkanes of at least 4 members (excludes halogenated alkanes) is 2. The van der Waals surface area contributed by atoms with Gasteiger partial charge in [-0.25, -0.2) is 0 Å². The molecule has 0 radical (unpaired) electrons. The zero-order valence-electron chi connectivity index (χ0n) is 15.4. The van der Waals surface area contributed by atoms with Gasteiger partial charge in [0.05, 0.1) is 0 Å². The van der Waals surface area contributed by atoms with E-state index in [2.05, 4.69) is 47.1 Å². The minimum absolute atomic E-state index is 0.453. The first-order valence-electron chi connectivity index (χ1n) is 9.78. The van der Waals surface area contributed by atoms with Gasteiger partial charge in [0.1, 0.15) is 5.78 Å². The predicted molar refractivity (Wildman–Crippen MR) is 101 cm³/mol. The summed E-state index contributed by atoms with van der Waals surface area (Å²) < 4.78 is 0. The van der Waals surface area contributed by atoms with Crippen molar-refractivity contribution in [1.29, 1.82) is 0 Å². The van der Waals surface area contributed by atoms with E-state index in [-0.39, 0.29) is 0 Å². The number of benzene rings is 1. The molecule has 0 N–H and O–H groups in total. The van der Waals surface area contributed by atoms with Gasteiger partial charge in [-0.2, -0.15) is 0 Å². The topological polar surface area (TPSA) is 23.6 Å². The van der Waals surface area contributed by atoms with E-state index in [9.17, 15) is 4.79 Å². The molecule has 0 amide bonds. The Hall–Kier alpha value is -1.19. The summed E-state index contributed by atoms with van der Waals surface area (Å²) >= 11 is 0. The smallest absolute Gasteiger partial charge is 0.134 e. The highest BCUT2D eigenvalue weighted by Gasteiger charge is 2.16. The van der Waals surface area contributed by atoms with Crippen LogP contribution in [0.4, 0.5) is 0 Å². The lowest BCUT2D eigenvalue weighted by atomic mass is 10.1. The summed E-state index contributed by atoms with van der Waals surface area (Å²) in [5.74, 6) is 0.453. The van der Waals surface area contributed by atoms with Crippen LogP contribution in [0.2, 0.25) is 0 Å². The Bertz CT molecular complexity index is 452. The molecule has 1 saturated heterocycles. The standard InChI is InChI=1S/C21H34N2O/c1-2-3-5-12-21(24)13-15-23-18-16-22(17-19-23)14-8-11-20-9-6-4-7-10-20/h4,6-7,9-10H,2-3,5,8,11-19H2,1H3. The molecule has 1 aliphatic heterocycles. The number of carbonyl (C=O) groups excluding carboxylic acids is 1. The number of hydrogen-bond donors (Lipinski definition) is 0. The summed E-state index contributed by atoms with van der Waals surface area (Å²) in [5, 5.41) is 0. The van der Waals surface area contributed by atoms with Crippen LogP contribution >= 0.6 is 0 Å². The first-order chi connectivity index (χ1) is 11.8. The van der Waals surface area contributed by atoms with Crippen LogP contribution in [-0.2, 0) is 11.2 Å². The van der Waals surface area contributed by atoms with E-state index in [0.29, 0.717) is 5.78 Å². The minimum Gasteiger partial charge on any atom is -0.301 e. The fourth-order valence-corrected chi connectivity index (χ4v) is 3.37. The summed E-state index contributed by atoms with van der Waals surface area (Å²) in [5.41, 5.74) is 1.44. The summed E-state index contributed by atoms with van der Waals surface area (Å²) in [7, 11) is 0. The van der Waals surface area contributed by atoms with Crippen molar-refractivity contribution in [1.82, 2.24) is 9.80 Å². The van der Waals surface area contributed by atoms with Gasteiger partial charge in [-0.3, -0.25) is 4.79 Å². The molecule has 134 valence electrons. The van der Waals surface area contributed by atoms with E-state index < -0.39 is 0 Å². The second-order valence-electron chi connectivity index (χ2n) is 7.02. The normalized spacial score (nSPS) is 16.4. The summed E-state index contributed by atoms with van der Waals surface area (Å²) in [6.45, 7) is 8.88. The first kappa shape index (κ1) is 19.1. The van der Waals surface area contributed by atoms with Gasteiger partial charge < -0.3 is 9.80 Å². The molecule has 0 bridgehead atoms. The zero-order chi connectivity index (χ0) is 17.0. The number of ketones is 1. The van der Waals surface area contributed by atoms with Crippen molar-refractivity contribution in [3.63, 3.8) is 0 Å². The average Bonchev–Trinajstić information content (AvgIpc) is 2.62. The molecule has 3 nitrogen and oxygen atoms in total. The Kier molecular flexibility index (Phi) is 9.07. The fourth-order valence-electron chi connectivity index (χ4n) is 3.37. The zero-order valence-corrected chi connectivity index (χ0v) is 15.4. The largest absolute Gasteiger partial charge is 0.301 e. The third-order valence-electron chi connectivity index (χ3n) is 5.01. The molecule has 24 heavy (non-hydrogen) atoms. The highest BCUT2D eigenvalue weighted by molar-refractivity contribution is 5.78. The number of rotatable bonds is 11. The number of piperazine rings is 1. The Morgan fingerprint density at radius 1 is 0.875 bits per heavy atom. The number of nitrogens with zero attached hydrogens (tertiary/aromatic N) is 2. The van der Waals surface area contributed by atoms with Crippen molar-refractivity contribution in [3.8, 4) is 0 Å². The quantitative estimate of drug-likeness (QED) is 0.577. The van der Waals surface area contributed by atoms with Gasteiger partial charge >= 0.3 is 0 Å². The summed E-state index contributed by atoms with van der Waals surface area (Å²) in [6, 6.07) is 10.8. The molecular weight excluding hydrogens is 296 g/mol. The number of hydrogen-bond acceptors (Lipinski definition) is 3. The highest BCUT2D eigenvalue weighted by Crippen LogP contribution is 2.08. The van der Waals surface area contributed by atoms with Crippen LogP contribution in [0.1, 0.15) is 51.0 Å². The van der Waals surface area contributed by atoms with Crippen LogP contribution in [-0.4, -0.2) is 54.9 Å². The summed E-state index contributed by atoms with van der Waals surface area (Å²) in [6.07, 6.45) is 7.40. The highest BCUT2D eigenvalue weighted by atomic mass is 16.1. The van der Waals surface area contributed by atoms with Gasteiger partial charge in [-0.1, -0.05) is 50.1 Å². The van der Waals surface area contributed by atoms with Gasteiger partial charge in [-0.05, 0) is 31.4 Å². The molecule has 0 aliphatic carbocycles. The number of aryl methyl sites for hydroxylation is 1. The van der Waals surface area contributed by atoms with Gasteiger partial charge in [0, 0.05) is 45.6 Å². The van der Waals surface area contributed by atoms with Crippen LogP contribution in [0.5, 0.6) is 0 Å². The molecule has 1 aromatic carbocycles. The van der Waals surface area contributed by atoms with Crippen LogP contribution in [0.25, 0.3) is 0 Å². The average molecular weight is 331 g/mol. The SMILES string of the molecule is CCCCCC(=O)CCN1CCN(CCCc2ccccc2)CC1. The third kappa shape index (κ3) is 7.59. The Morgan fingerprint density at radius 2 is 1.54 bits per heavy atom. The molecule has 0 atom stereocenters. The second-order valence-corrected chi connectivity index (χ2v) is 7.02. The van der Waals surface area contributed by atoms with Gasteiger partial charge in [0.25, 0.3) is 0 Å². The van der Waals surface area contributed by atoms with Crippen LogP contribution in [0.15, 0.2) is 30.3 Å². The van der Waals surface area contributed by atoms with Crippen LogP contribution in [0, 0.1) is 0 Å². The van der Waals surface area contributed by atoms with Crippen molar-refractivity contribution in [2.75, 3.05) is 39.3 Å². The maximum Gasteiger partial charge on any atom is 0.134 e. The van der Waals surface area contributed by atoms with Crippen molar-refractivity contribution in [2.45, 2.75) is 51.9 Å². The minimum atomic E-state index is 0.453. The molecule has 0 unspecified atom stereocenters. The molecule has 0 aromatic heterocycles. The lowest BCUT2D eigenvalue weighted by molar-refractivity contribution is -0.119. The van der Waals surface area contributed by atoms with Gasteiger partial charge in [-0.15, -0.1) is 0 Å². The van der Waals surface area contributed by atoms with E-state index >= 15 is 0 Å². The molecule has 2 rings (SSSR count). The molecule has 0 spiro atoms. The maximum atomic E-state index is 11.9. The Labute approximate surface area is 148 Å². The van der Waals surface area contributed by atoms with E-state index in [1.165, 1.54) is 37.8 Å². The molecule has 1 heterocycles.